The molecule has 174 valence electrons. The van der Waals surface area contributed by atoms with Crippen LogP contribution >= 0.6 is 0 Å². The van der Waals surface area contributed by atoms with Crippen molar-refractivity contribution in [2.24, 2.45) is 0 Å². The van der Waals surface area contributed by atoms with Crippen LogP contribution in [0.3, 0.4) is 0 Å². The second kappa shape index (κ2) is 14.3. The zero-order valence-electron chi connectivity index (χ0n) is 21.4. The first-order chi connectivity index (χ1) is 15.2. The Labute approximate surface area is 196 Å². The highest BCUT2D eigenvalue weighted by molar-refractivity contribution is 5.27. The van der Waals surface area contributed by atoms with Crippen molar-refractivity contribution in [2.75, 3.05) is 13.7 Å². The van der Waals surface area contributed by atoms with E-state index in [9.17, 15) is 0 Å². The highest BCUT2D eigenvalue weighted by Crippen LogP contribution is 2.21. The van der Waals surface area contributed by atoms with Crippen molar-refractivity contribution < 1.29 is 9.47 Å². The van der Waals surface area contributed by atoms with Crippen molar-refractivity contribution in [3.05, 3.63) is 95.1 Å². The van der Waals surface area contributed by atoms with Gasteiger partial charge in [-0.1, -0.05) is 99.3 Å². The molecule has 0 amide bonds. The number of methoxy groups -OCH3 is 1. The van der Waals surface area contributed by atoms with Crippen molar-refractivity contribution >= 4 is 0 Å². The zero-order chi connectivity index (χ0) is 24.0. The Morgan fingerprint density at radius 1 is 0.625 bits per heavy atom. The standard InChI is InChI=1S/C11H16O.C11H16.C8H10O/c1-3-4-9-12-11-7-5-10(2)6-8-11;1-9-5-7-10(8-6-9)11(2,3)4;1-7-3-5-8(9-2)6-4-7/h5-8H,3-4,9H2,1-2H3;5-8H,1-4H3;3-6H,1-2H3. The number of benzene rings is 3. The van der Waals surface area contributed by atoms with Gasteiger partial charge in [0.25, 0.3) is 0 Å². The van der Waals surface area contributed by atoms with Gasteiger partial charge in [-0.25, -0.2) is 0 Å². The Morgan fingerprint density at radius 2 is 1.03 bits per heavy atom. The van der Waals surface area contributed by atoms with Crippen LogP contribution in [0, 0.1) is 20.8 Å². The lowest BCUT2D eigenvalue weighted by molar-refractivity contribution is 0.309. The van der Waals surface area contributed by atoms with Gasteiger partial charge in [-0.05, 0) is 62.4 Å². The lowest BCUT2D eigenvalue weighted by atomic mass is 9.87. The normalized spacial score (nSPS) is 10.2. The molecule has 0 N–H and O–H groups in total. The van der Waals surface area contributed by atoms with Gasteiger partial charge in [0.1, 0.15) is 11.5 Å². The topological polar surface area (TPSA) is 18.5 Å². The number of unbranched alkanes of at least 4 members (excludes halogenated alkanes) is 1. The Morgan fingerprint density at radius 3 is 1.41 bits per heavy atom. The maximum Gasteiger partial charge on any atom is 0.119 e. The van der Waals surface area contributed by atoms with Gasteiger partial charge in [0.15, 0.2) is 0 Å². The van der Waals surface area contributed by atoms with Gasteiger partial charge < -0.3 is 9.47 Å². The van der Waals surface area contributed by atoms with Crippen molar-refractivity contribution in [1.29, 1.82) is 0 Å². The van der Waals surface area contributed by atoms with E-state index in [1.807, 2.05) is 36.4 Å². The molecule has 32 heavy (non-hydrogen) atoms. The molecule has 3 aromatic carbocycles. The molecule has 0 aliphatic rings. The van der Waals surface area contributed by atoms with Crippen LogP contribution in [0.4, 0.5) is 0 Å². The Bertz CT molecular complexity index is 855. The molecule has 3 aromatic rings. The molecule has 0 fully saturated rings. The molecule has 0 unspecified atom stereocenters. The molecule has 0 saturated heterocycles. The van der Waals surface area contributed by atoms with Gasteiger partial charge in [-0.3, -0.25) is 0 Å². The third kappa shape index (κ3) is 11.6. The van der Waals surface area contributed by atoms with E-state index < -0.39 is 0 Å². The summed E-state index contributed by atoms with van der Waals surface area (Å²) < 4.78 is 10.5. The minimum atomic E-state index is 0.285. The maximum absolute atomic E-state index is 5.50. The van der Waals surface area contributed by atoms with Gasteiger partial charge in [-0.2, -0.15) is 0 Å². The summed E-state index contributed by atoms with van der Waals surface area (Å²) in [4.78, 5) is 0. The van der Waals surface area contributed by atoms with E-state index >= 15 is 0 Å². The highest BCUT2D eigenvalue weighted by atomic mass is 16.5. The summed E-state index contributed by atoms with van der Waals surface area (Å²) in [6.07, 6.45) is 2.32. The molecule has 0 atom stereocenters. The first kappa shape index (κ1) is 27.3. The van der Waals surface area contributed by atoms with Gasteiger partial charge in [0, 0.05) is 0 Å². The van der Waals surface area contributed by atoms with Crippen LogP contribution < -0.4 is 9.47 Å². The van der Waals surface area contributed by atoms with Gasteiger partial charge in [-0.15, -0.1) is 0 Å². The third-order valence-electron chi connectivity index (χ3n) is 4.96. The molecular weight excluding hydrogens is 392 g/mol. The molecule has 0 saturated carbocycles. The number of ether oxygens (including phenoxy) is 2. The van der Waals surface area contributed by atoms with Crippen molar-refractivity contribution in [1.82, 2.24) is 0 Å². The molecule has 3 rings (SSSR count). The predicted octanol–water partition coefficient (Wildman–Crippen LogP) is 8.47. The molecule has 0 spiro atoms. The molecule has 0 bridgehead atoms. The van der Waals surface area contributed by atoms with Crippen LogP contribution in [-0.2, 0) is 5.41 Å². The first-order valence-corrected chi connectivity index (χ1v) is 11.5. The summed E-state index contributed by atoms with van der Waals surface area (Å²) in [5.41, 5.74) is 5.56. The molecule has 0 aliphatic heterocycles. The van der Waals surface area contributed by atoms with Crippen molar-refractivity contribution in [3.63, 3.8) is 0 Å². The van der Waals surface area contributed by atoms with Crippen LogP contribution in [0.15, 0.2) is 72.8 Å². The van der Waals surface area contributed by atoms with Crippen LogP contribution in [0.25, 0.3) is 0 Å². The second-order valence-corrected chi connectivity index (χ2v) is 9.15. The molecule has 0 aliphatic carbocycles. The quantitative estimate of drug-likeness (QED) is 0.375. The fraction of sp³-hybridized carbons (Fsp3) is 0.400. The minimum absolute atomic E-state index is 0.285. The summed E-state index contributed by atoms with van der Waals surface area (Å²) in [7, 11) is 1.67. The number of hydrogen-bond donors (Lipinski definition) is 0. The monoisotopic (exact) mass is 434 g/mol. The van der Waals surface area contributed by atoms with Crippen LogP contribution in [-0.4, -0.2) is 13.7 Å². The van der Waals surface area contributed by atoms with Crippen LogP contribution in [0.1, 0.15) is 62.8 Å². The van der Waals surface area contributed by atoms with Gasteiger partial charge in [0.2, 0.25) is 0 Å². The van der Waals surface area contributed by atoms with Crippen LogP contribution in [0.2, 0.25) is 0 Å². The largest absolute Gasteiger partial charge is 0.497 e. The lowest BCUT2D eigenvalue weighted by Crippen LogP contribution is -2.10. The first-order valence-electron chi connectivity index (χ1n) is 11.5. The summed E-state index contributed by atoms with van der Waals surface area (Å²) in [5, 5.41) is 0. The zero-order valence-corrected chi connectivity index (χ0v) is 21.4. The third-order valence-corrected chi connectivity index (χ3v) is 4.96. The maximum atomic E-state index is 5.50. The summed E-state index contributed by atoms with van der Waals surface area (Å²) in [6.45, 7) is 16.0. The van der Waals surface area contributed by atoms with E-state index in [1.165, 1.54) is 28.7 Å². The van der Waals surface area contributed by atoms with Gasteiger partial charge >= 0.3 is 0 Å². The van der Waals surface area contributed by atoms with Crippen molar-refractivity contribution in [3.8, 4) is 11.5 Å². The number of aryl methyl sites for hydroxylation is 3. The Hall–Kier alpha value is -2.74. The van der Waals surface area contributed by atoms with E-state index in [1.54, 1.807) is 7.11 Å². The fourth-order valence-corrected chi connectivity index (χ4v) is 2.70. The summed E-state index contributed by atoms with van der Waals surface area (Å²) in [6, 6.07) is 24.9. The van der Waals surface area contributed by atoms with E-state index in [0.29, 0.717) is 0 Å². The number of rotatable bonds is 5. The average Bonchev–Trinajstić information content (AvgIpc) is 2.76. The van der Waals surface area contributed by atoms with E-state index in [2.05, 4.69) is 84.9 Å². The predicted molar refractivity (Wildman–Crippen MR) is 139 cm³/mol. The Kier molecular flexibility index (Phi) is 12.2. The molecule has 2 nitrogen and oxygen atoms in total. The summed E-state index contributed by atoms with van der Waals surface area (Å²) in [5.74, 6) is 1.90. The van der Waals surface area contributed by atoms with Crippen LogP contribution in [0.5, 0.6) is 11.5 Å². The van der Waals surface area contributed by atoms with E-state index in [0.717, 1.165) is 24.5 Å². The number of hydrogen-bond acceptors (Lipinski definition) is 2. The molecular formula is C30H42O2. The molecule has 0 radical (unpaired) electrons. The molecule has 2 heteroatoms. The fourth-order valence-electron chi connectivity index (χ4n) is 2.70. The van der Waals surface area contributed by atoms with Gasteiger partial charge in [0.05, 0.1) is 13.7 Å². The minimum Gasteiger partial charge on any atom is -0.497 e. The van der Waals surface area contributed by atoms with E-state index in [-0.39, 0.29) is 5.41 Å². The SMILES string of the molecule is CCCCOc1ccc(C)cc1.COc1ccc(C)cc1.Cc1ccc(C(C)(C)C)cc1. The molecule has 0 aromatic heterocycles. The average molecular weight is 435 g/mol. The second-order valence-electron chi connectivity index (χ2n) is 9.15. The Balaban J connectivity index is 0.000000242. The highest BCUT2D eigenvalue weighted by Gasteiger charge is 2.11. The molecule has 0 heterocycles. The smallest absolute Gasteiger partial charge is 0.119 e. The van der Waals surface area contributed by atoms with E-state index in [4.69, 9.17) is 9.47 Å². The van der Waals surface area contributed by atoms with Crippen molar-refractivity contribution in [2.45, 2.75) is 66.7 Å². The summed E-state index contributed by atoms with van der Waals surface area (Å²) >= 11 is 0. The lowest BCUT2D eigenvalue weighted by Gasteiger charge is -2.18.